The molecular weight excluding hydrogens is 118 g/mol. The molecule has 0 aliphatic carbocycles. The van der Waals surface area contributed by atoms with Crippen LogP contribution in [0, 0.1) is 0 Å². The van der Waals surface area contributed by atoms with E-state index in [0.29, 0.717) is 6.47 Å². The quantitative estimate of drug-likeness (QED) is 0.402. The molecule has 52 valence electrons. The fourth-order valence-electron chi connectivity index (χ4n) is 0.341. The molecule has 0 atom stereocenters. The third-order valence-electron chi connectivity index (χ3n) is 0.701. The van der Waals surface area contributed by atoms with Gasteiger partial charge in [-0.3, -0.25) is 4.79 Å². The number of ether oxygens (including phenoxy) is 1. The molecule has 0 amide bonds. The van der Waals surface area contributed by atoms with Crippen molar-refractivity contribution in [2.24, 2.45) is 0 Å². The van der Waals surface area contributed by atoms with E-state index in [1.54, 1.807) is 6.08 Å². The van der Waals surface area contributed by atoms with Gasteiger partial charge in [0, 0.05) is 6.54 Å². The van der Waals surface area contributed by atoms with Crippen LogP contribution in [0.5, 0.6) is 0 Å². The molecule has 0 rings (SSSR count). The second kappa shape index (κ2) is 5.31. The first-order chi connectivity index (χ1) is 4.27. The third-order valence-corrected chi connectivity index (χ3v) is 0.701. The molecule has 0 aromatic carbocycles. The Morgan fingerprint density at radius 2 is 2.22 bits per heavy atom. The number of hydrogen-bond donors (Lipinski definition) is 0. The lowest BCUT2D eigenvalue weighted by molar-refractivity contribution is -0.123. The number of nitrogens with zero attached hydrogens (tertiary/aromatic N) is 1. The zero-order chi connectivity index (χ0) is 7.11. The van der Waals surface area contributed by atoms with E-state index in [-0.39, 0.29) is 0 Å². The maximum absolute atomic E-state index is 9.56. The molecule has 0 aliphatic rings. The standard InChI is InChI=1S/C6H11NO2/c1-7(2)4-3-5-9-6-8/h3,5-6H,4H2,1-2H3/b5-3+. The van der Waals surface area contributed by atoms with Gasteiger partial charge in [0.2, 0.25) is 0 Å². The van der Waals surface area contributed by atoms with Crippen molar-refractivity contribution in [3.05, 3.63) is 12.3 Å². The Kier molecular flexibility index (Phi) is 4.82. The predicted molar refractivity (Wildman–Crippen MR) is 34.8 cm³/mol. The summed E-state index contributed by atoms with van der Waals surface area (Å²) in [6.07, 6.45) is 3.13. The summed E-state index contributed by atoms with van der Waals surface area (Å²) in [5.41, 5.74) is 0. The zero-order valence-electron chi connectivity index (χ0n) is 5.70. The minimum Gasteiger partial charge on any atom is -0.437 e. The Bertz CT molecular complexity index is 99.2. The van der Waals surface area contributed by atoms with Gasteiger partial charge in [0.1, 0.15) is 0 Å². The Morgan fingerprint density at radius 3 is 2.67 bits per heavy atom. The molecule has 0 bridgehead atoms. The molecule has 0 spiro atoms. The molecule has 0 saturated carbocycles. The molecule has 0 saturated heterocycles. The summed E-state index contributed by atoms with van der Waals surface area (Å²) in [7, 11) is 3.87. The van der Waals surface area contributed by atoms with Crippen LogP contribution in [0.25, 0.3) is 0 Å². The number of likely N-dealkylation sites (N-methyl/N-ethyl adjacent to an activating group) is 1. The number of carbonyl (C=O) groups is 1. The maximum Gasteiger partial charge on any atom is 0.297 e. The molecule has 9 heavy (non-hydrogen) atoms. The molecule has 0 aliphatic heterocycles. The van der Waals surface area contributed by atoms with Crippen molar-refractivity contribution in [1.29, 1.82) is 0 Å². The van der Waals surface area contributed by atoms with Gasteiger partial charge in [-0.05, 0) is 20.2 Å². The summed E-state index contributed by atoms with van der Waals surface area (Å²) in [6.45, 7) is 1.18. The Morgan fingerprint density at radius 1 is 1.56 bits per heavy atom. The second-order valence-corrected chi connectivity index (χ2v) is 1.87. The van der Waals surface area contributed by atoms with E-state index >= 15 is 0 Å². The summed E-state index contributed by atoms with van der Waals surface area (Å²) in [5, 5.41) is 0. The number of hydrogen-bond acceptors (Lipinski definition) is 3. The summed E-state index contributed by atoms with van der Waals surface area (Å²) < 4.78 is 4.30. The van der Waals surface area contributed by atoms with Crippen LogP contribution in [0.15, 0.2) is 12.3 Å². The van der Waals surface area contributed by atoms with Crippen LogP contribution in [0.4, 0.5) is 0 Å². The molecular formula is C6H11NO2. The molecule has 0 fully saturated rings. The number of carbonyl (C=O) groups excluding carboxylic acids is 1. The molecule has 0 heterocycles. The van der Waals surface area contributed by atoms with Gasteiger partial charge < -0.3 is 9.64 Å². The van der Waals surface area contributed by atoms with E-state index < -0.39 is 0 Å². The van der Waals surface area contributed by atoms with Gasteiger partial charge in [-0.1, -0.05) is 0 Å². The van der Waals surface area contributed by atoms with Gasteiger partial charge in [0.05, 0.1) is 6.26 Å². The summed E-state index contributed by atoms with van der Waals surface area (Å²) in [5.74, 6) is 0. The van der Waals surface area contributed by atoms with Crippen molar-refractivity contribution < 1.29 is 9.53 Å². The first-order valence-corrected chi connectivity index (χ1v) is 2.66. The summed E-state index contributed by atoms with van der Waals surface area (Å²) in [6, 6.07) is 0. The second-order valence-electron chi connectivity index (χ2n) is 1.87. The van der Waals surface area contributed by atoms with Crippen molar-refractivity contribution in [2.45, 2.75) is 0 Å². The van der Waals surface area contributed by atoms with E-state index in [0.717, 1.165) is 6.54 Å². The minimum atomic E-state index is 0.395. The molecule has 0 N–H and O–H groups in total. The maximum atomic E-state index is 9.56. The van der Waals surface area contributed by atoms with Crippen LogP contribution >= 0.6 is 0 Å². The fraction of sp³-hybridized carbons (Fsp3) is 0.500. The first-order valence-electron chi connectivity index (χ1n) is 2.66. The van der Waals surface area contributed by atoms with Crippen LogP contribution in [0.2, 0.25) is 0 Å². The Labute approximate surface area is 54.9 Å². The van der Waals surface area contributed by atoms with Crippen molar-refractivity contribution in [3.8, 4) is 0 Å². The van der Waals surface area contributed by atoms with Crippen molar-refractivity contribution >= 4 is 6.47 Å². The zero-order valence-corrected chi connectivity index (χ0v) is 5.70. The van der Waals surface area contributed by atoms with E-state index in [2.05, 4.69) is 4.74 Å². The SMILES string of the molecule is CN(C)C/C=C/OC=O. The highest BCUT2D eigenvalue weighted by Gasteiger charge is 1.79. The lowest BCUT2D eigenvalue weighted by atomic mass is 10.6. The summed E-state index contributed by atoms with van der Waals surface area (Å²) in [4.78, 5) is 11.5. The van der Waals surface area contributed by atoms with E-state index in [4.69, 9.17) is 0 Å². The van der Waals surface area contributed by atoms with Gasteiger partial charge in [-0.25, -0.2) is 0 Å². The molecule has 0 aromatic heterocycles. The topological polar surface area (TPSA) is 29.5 Å². The van der Waals surface area contributed by atoms with Gasteiger partial charge in [0.25, 0.3) is 6.47 Å². The molecule has 0 unspecified atom stereocenters. The van der Waals surface area contributed by atoms with E-state index in [1.807, 2.05) is 19.0 Å². The minimum absolute atomic E-state index is 0.395. The van der Waals surface area contributed by atoms with Crippen LogP contribution in [0.3, 0.4) is 0 Å². The van der Waals surface area contributed by atoms with Crippen molar-refractivity contribution in [2.75, 3.05) is 20.6 Å². The predicted octanol–water partition coefficient (Wildman–Crippen LogP) is 0.235. The Hall–Kier alpha value is -0.830. The summed E-state index contributed by atoms with van der Waals surface area (Å²) >= 11 is 0. The van der Waals surface area contributed by atoms with Crippen LogP contribution in [0.1, 0.15) is 0 Å². The molecule has 0 radical (unpaired) electrons. The first kappa shape index (κ1) is 8.17. The average molecular weight is 129 g/mol. The van der Waals surface area contributed by atoms with Crippen molar-refractivity contribution in [1.82, 2.24) is 4.90 Å². The van der Waals surface area contributed by atoms with E-state index in [1.165, 1.54) is 6.26 Å². The lowest BCUT2D eigenvalue weighted by Gasteiger charge is -2.02. The van der Waals surface area contributed by atoms with Crippen LogP contribution in [-0.4, -0.2) is 32.0 Å². The number of rotatable bonds is 4. The van der Waals surface area contributed by atoms with Crippen LogP contribution < -0.4 is 0 Å². The monoisotopic (exact) mass is 129 g/mol. The third kappa shape index (κ3) is 7.17. The largest absolute Gasteiger partial charge is 0.437 e. The van der Waals surface area contributed by atoms with Gasteiger partial charge in [0.15, 0.2) is 0 Å². The molecule has 3 heteroatoms. The van der Waals surface area contributed by atoms with Crippen LogP contribution in [-0.2, 0) is 9.53 Å². The van der Waals surface area contributed by atoms with Gasteiger partial charge >= 0.3 is 0 Å². The lowest BCUT2D eigenvalue weighted by Crippen LogP contribution is -2.10. The highest BCUT2D eigenvalue weighted by Crippen LogP contribution is 1.76. The van der Waals surface area contributed by atoms with Crippen molar-refractivity contribution in [3.63, 3.8) is 0 Å². The normalized spacial score (nSPS) is 10.6. The van der Waals surface area contributed by atoms with Gasteiger partial charge in [-0.2, -0.15) is 0 Å². The molecule has 0 aromatic rings. The highest BCUT2D eigenvalue weighted by atomic mass is 16.5. The van der Waals surface area contributed by atoms with Gasteiger partial charge in [-0.15, -0.1) is 0 Å². The fourth-order valence-corrected chi connectivity index (χ4v) is 0.341. The Balaban J connectivity index is 3.14. The smallest absolute Gasteiger partial charge is 0.297 e. The van der Waals surface area contributed by atoms with E-state index in [9.17, 15) is 4.79 Å². The molecule has 3 nitrogen and oxygen atoms in total. The average Bonchev–Trinajstić information content (AvgIpc) is 1.80. The highest BCUT2D eigenvalue weighted by molar-refractivity contribution is 5.38.